The first-order valence-electron chi connectivity index (χ1n) is 9.08. The van der Waals surface area contributed by atoms with Crippen molar-refractivity contribution in [3.8, 4) is 0 Å². The molecule has 0 rings (SSSR count). The fourth-order valence-electron chi connectivity index (χ4n) is 2.55. The maximum absolute atomic E-state index is 12.0. The molecule has 0 saturated heterocycles. The molecule has 7 nitrogen and oxygen atoms in total. The molecule has 0 aliphatic carbocycles. The standard InChI is InChI=1S/C17H32O7S.Na/c1-3-5-7-8-9-10-12-14(11-6-4-2)24-17(20)15(13-16(18)19)25(21,22)23;/h14-15H,3-13H2,1-2H3,(H,18,19)(H,21,22,23);/q;+1/p-1. The second kappa shape index (κ2) is 15.9. The minimum atomic E-state index is -4.86. The van der Waals surface area contributed by atoms with Crippen molar-refractivity contribution in [3.05, 3.63) is 0 Å². The molecule has 0 spiro atoms. The van der Waals surface area contributed by atoms with Gasteiger partial charge in [0.25, 0.3) is 10.1 Å². The number of carboxylic acid groups (broad SMARTS) is 1. The Morgan fingerprint density at radius 1 is 0.962 bits per heavy atom. The number of carbonyl (C=O) groups is 2. The number of hydrogen-bond donors (Lipinski definition) is 1. The van der Waals surface area contributed by atoms with E-state index in [-0.39, 0.29) is 29.6 Å². The largest absolute Gasteiger partial charge is 1.00 e. The Labute approximate surface area is 179 Å². The van der Waals surface area contributed by atoms with Crippen LogP contribution in [0.2, 0.25) is 0 Å². The first kappa shape index (κ1) is 28.1. The van der Waals surface area contributed by atoms with Crippen LogP contribution in [0.3, 0.4) is 0 Å². The van der Waals surface area contributed by atoms with Crippen molar-refractivity contribution >= 4 is 22.1 Å². The van der Waals surface area contributed by atoms with Crippen LogP contribution in [0.4, 0.5) is 0 Å². The van der Waals surface area contributed by atoms with E-state index in [1.807, 2.05) is 6.92 Å². The number of carbonyl (C=O) groups excluding carboxylic acids is 2. The Hall–Kier alpha value is -0.150. The Balaban J connectivity index is 0. The second-order valence-electron chi connectivity index (χ2n) is 6.34. The summed E-state index contributed by atoms with van der Waals surface area (Å²) in [7, 11) is -4.86. The molecule has 148 valence electrons. The molecule has 0 aliphatic rings. The molecule has 0 fully saturated rings. The topological polar surface area (TPSA) is 121 Å². The molecular formula is C17H31NaO7S. The number of carboxylic acids is 1. The summed E-state index contributed by atoms with van der Waals surface area (Å²) in [6.07, 6.45) is 7.76. The molecule has 0 aromatic heterocycles. The van der Waals surface area contributed by atoms with Gasteiger partial charge in [0.1, 0.15) is 6.10 Å². The molecule has 0 bridgehead atoms. The van der Waals surface area contributed by atoms with Gasteiger partial charge in [0, 0.05) is 12.4 Å². The van der Waals surface area contributed by atoms with Gasteiger partial charge < -0.3 is 14.6 Å². The molecule has 0 amide bonds. The number of aliphatic carboxylic acids is 1. The summed E-state index contributed by atoms with van der Waals surface area (Å²) >= 11 is 0. The van der Waals surface area contributed by atoms with Gasteiger partial charge in [-0.2, -0.15) is 8.42 Å². The summed E-state index contributed by atoms with van der Waals surface area (Å²) in [5.41, 5.74) is 0. The van der Waals surface area contributed by atoms with Crippen LogP contribution in [-0.2, 0) is 24.4 Å². The molecule has 0 saturated carbocycles. The molecule has 1 N–H and O–H groups in total. The van der Waals surface area contributed by atoms with Crippen LogP contribution < -0.4 is 34.7 Å². The van der Waals surface area contributed by atoms with E-state index in [0.717, 1.165) is 44.9 Å². The van der Waals surface area contributed by atoms with Crippen LogP contribution in [0.15, 0.2) is 0 Å². The number of hydrogen-bond acceptors (Lipinski definition) is 6. The fourth-order valence-corrected chi connectivity index (χ4v) is 3.19. The van der Waals surface area contributed by atoms with Crippen LogP contribution in [0.5, 0.6) is 0 Å². The van der Waals surface area contributed by atoms with E-state index in [9.17, 15) is 23.1 Å². The van der Waals surface area contributed by atoms with Crippen molar-refractivity contribution in [1.29, 1.82) is 0 Å². The van der Waals surface area contributed by atoms with E-state index in [2.05, 4.69) is 6.92 Å². The molecule has 2 unspecified atom stereocenters. The monoisotopic (exact) mass is 402 g/mol. The maximum atomic E-state index is 12.0. The molecule has 9 heteroatoms. The quantitative estimate of drug-likeness (QED) is 0.165. The van der Waals surface area contributed by atoms with E-state index in [0.29, 0.717) is 12.8 Å². The van der Waals surface area contributed by atoms with Gasteiger partial charge in [-0.3, -0.25) is 9.35 Å². The SMILES string of the molecule is CCCCCCCCC(CCCC)OC(=O)C(CC(=O)[O-])S(=O)(=O)O.[Na+]. The average molecular weight is 402 g/mol. The second-order valence-corrected chi connectivity index (χ2v) is 7.94. The Morgan fingerprint density at radius 2 is 1.46 bits per heavy atom. The number of ether oxygens (including phenoxy) is 1. The number of rotatable bonds is 15. The zero-order chi connectivity index (χ0) is 19.3. The van der Waals surface area contributed by atoms with Crippen molar-refractivity contribution in [2.24, 2.45) is 0 Å². The van der Waals surface area contributed by atoms with Gasteiger partial charge in [0.05, 0.1) is 0 Å². The van der Waals surface area contributed by atoms with E-state index >= 15 is 0 Å². The van der Waals surface area contributed by atoms with Gasteiger partial charge in [-0.15, -0.1) is 0 Å². The fraction of sp³-hybridized carbons (Fsp3) is 0.882. The van der Waals surface area contributed by atoms with Gasteiger partial charge in [0.15, 0.2) is 5.25 Å². The summed E-state index contributed by atoms with van der Waals surface area (Å²) in [4.78, 5) is 22.6. The molecule has 0 radical (unpaired) electrons. The summed E-state index contributed by atoms with van der Waals surface area (Å²) in [5, 5.41) is 8.49. The Morgan fingerprint density at radius 3 is 1.96 bits per heavy atom. The first-order chi connectivity index (χ1) is 11.7. The summed E-state index contributed by atoms with van der Waals surface area (Å²) in [5.74, 6) is -2.96. The third-order valence-electron chi connectivity index (χ3n) is 4.02. The van der Waals surface area contributed by atoms with Crippen molar-refractivity contribution in [1.82, 2.24) is 0 Å². The van der Waals surface area contributed by atoms with E-state index in [4.69, 9.17) is 9.29 Å². The van der Waals surface area contributed by atoms with Crippen LogP contribution in [0.1, 0.15) is 84.5 Å². The molecule has 26 heavy (non-hydrogen) atoms. The average Bonchev–Trinajstić information content (AvgIpc) is 2.51. The zero-order valence-corrected chi connectivity index (χ0v) is 19.1. The molecule has 0 aromatic rings. The van der Waals surface area contributed by atoms with Gasteiger partial charge in [-0.05, 0) is 19.3 Å². The maximum Gasteiger partial charge on any atom is 1.00 e. The smallest absolute Gasteiger partial charge is 0.550 e. The molecule has 0 aromatic carbocycles. The molecule has 2 atom stereocenters. The van der Waals surface area contributed by atoms with Gasteiger partial charge in [-0.25, -0.2) is 0 Å². The normalized spacial score (nSPS) is 13.5. The van der Waals surface area contributed by atoms with Gasteiger partial charge in [0.2, 0.25) is 0 Å². The first-order valence-corrected chi connectivity index (χ1v) is 10.6. The molecule has 0 aliphatic heterocycles. The number of esters is 1. The summed E-state index contributed by atoms with van der Waals surface area (Å²) in [6.45, 7) is 4.12. The minimum absolute atomic E-state index is 0. The van der Waals surface area contributed by atoms with E-state index in [1.165, 1.54) is 6.42 Å². The zero-order valence-electron chi connectivity index (χ0n) is 16.2. The van der Waals surface area contributed by atoms with Crippen molar-refractivity contribution in [2.45, 2.75) is 95.8 Å². The van der Waals surface area contributed by atoms with E-state index in [1.54, 1.807) is 0 Å². The Kier molecular flexibility index (Phi) is 17.1. The third-order valence-corrected chi connectivity index (χ3v) is 5.09. The summed E-state index contributed by atoms with van der Waals surface area (Å²) in [6, 6.07) is 0. The van der Waals surface area contributed by atoms with Crippen molar-refractivity contribution < 1.29 is 62.0 Å². The minimum Gasteiger partial charge on any atom is -0.550 e. The summed E-state index contributed by atoms with van der Waals surface area (Å²) < 4.78 is 36.7. The van der Waals surface area contributed by atoms with Crippen LogP contribution in [-0.4, -0.2) is 36.3 Å². The predicted octanol–water partition coefficient (Wildman–Crippen LogP) is -0.761. The number of unbranched alkanes of at least 4 members (excludes halogenated alkanes) is 6. The van der Waals surface area contributed by atoms with E-state index < -0.39 is 39.8 Å². The third kappa shape index (κ3) is 14.0. The van der Waals surface area contributed by atoms with Gasteiger partial charge >= 0.3 is 35.5 Å². The van der Waals surface area contributed by atoms with Crippen LogP contribution >= 0.6 is 0 Å². The van der Waals surface area contributed by atoms with Crippen LogP contribution in [0, 0.1) is 0 Å². The van der Waals surface area contributed by atoms with Gasteiger partial charge in [-0.1, -0.05) is 58.8 Å². The molecule has 0 heterocycles. The predicted molar refractivity (Wildman–Crippen MR) is 92.4 cm³/mol. The Bertz CT molecular complexity index is 493. The van der Waals surface area contributed by atoms with Crippen LogP contribution in [0.25, 0.3) is 0 Å². The van der Waals surface area contributed by atoms with Crippen molar-refractivity contribution in [3.63, 3.8) is 0 Å². The molecular weight excluding hydrogens is 371 g/mol. The van der Waals surface area contributed by atoms with Crippen molar-refractivity contribution in [2.75, 3.05) is 0 Å².